The fourth-order valence-electron chi connectivity index (χ4n) is 7.13. The quantitative estimate of drug-likeness (QED) is 0.301. The van der Waals surface area contributed by atoms with E-state index in [1.807, 2.05) is 37.4 Å². The number of ketones is 2. The number of methoxy groups -OCH3 is 1. The molecule has 228 valence electrons. The monoisotopic (exact) mass is 591 g/mol. The minimum atomic E-state index is -2.68. The number of hydrogen-bond donors (Lipinski definition) is 5. The van der Waals surface area contributed by atoms with Gasteiger partial charge in [0.15, 0.2) is 11.4 Å². The molecular formula is C32H37N3O8. The first-order valence-electron chi connectivity index (χ1n) is 14.1. The molecule has 11 heteroatoms. The number of phenolic OH excluding ortho intramolecular Hbond substituents is 1. The van der Waals surface area contributed by atoms with Gasteiger partial charge in [-0.3, -0.25) is 24.2 Å². The summed E-state index contributed by atoms with van der Waals surface area (Å²) in [4.78, 5) is 43.2. The maximum absolute atomic E-state index is 14.0. The average molecular weight is 592 g/mol. The van der Waals surface area contributed by atoms with Crippen molar-refractivity contribution in [3.8, 4) is 11.5 Å². The van der Waals surface area contributed by atoms with Crippen molar-refractivity contribution in [3.63, 3.8) is 0 Å². The van der Waals surface area contributed by atoms with Crippen LogP contribution < -0.4 is 10.5 Å². The summed E-state index contributed by atoms with van der Waals surface area (Å²) in [5.74, 6) is -6.46. The second-order valence-electron chi connectivity index (χ2n) is 11.9. The first-order chi connectivity index (χ1) is 20.2. The molecule has 0 heterocycles. The molecule has 0 saturated carbocycles. The number of likely N-dealkylation sites (N-methyl/N-ethyl adjacent to an activating group) is 1. The lowest BCUT2D eigenvalue weighted by Gasteiger charge is -2.50. The summed E-state index contributed by atoms with van der Waals surface area (Å²) < 4.78 is 5.82. The molecule has 43 heavy (non-hydrogen) atoms. The third-order valence-corrected chi connectivity index (χ3v) is 9.32. The van der Waals surface area contributed by atoms with Gasteiger partial charge in [0.05, 0.1) is 18.7 Å². The van der Waals surface area contributed by atoms with Crippen molar-refractivity contribution < 1.29 is 39.5 Å². The average Bonchev–Trinajstić information content (AvgIpc) is 2.94. The molecular weight excluding hydrogens is 554 g/mol. The molecule has 5 atom stereocenters. The van der Waals surface area contributed by atoms with Crippen molar-refractivity contribution in [1.29, 1.82) is 0 Å². The van der Waals surface area contributed by atoms with Gasteiger partial charge in [0.25, 0.3) is 5.91 Å². The summed E-state index contributed by atoms with van der Waals surface area (Å²) in [5.41, 5.74) is 3.80. The largest absolute Gasteiger partial charge is 0.510 e. The van der Waals surface area contributed by atoms with Gasteiger partial charge in [-0.1, -0.05) is 30.3 Å². The number of benzene rings is 2. The van der Waals surface area contributed by atoms with E-state index >= 15 is 0 Å². The zero-order chi connectivity index (χ0) is 31.5. The highest BCUT2D eigenvalue weighted by Crippen LogP contribution is 2.53. The smallest absolute Gasteiger partial charge is 0.255 e. The van der Waals surface area contributed by atoms with Gasteiger partial charge in [-0.05, 0) is 58.5 Å². The molecule has 3 aliphatic rings. The molecule has 2 aromatic rings. The molecule has 0 aliphatic heterocycles. The minimum absolute atomic E-state index is 0.00481. The molecule has 0 spiro atoms. The van der Waals surface area contributed by atoms with Crippen molar-refractivity contribution in [2.24, 2.45) is 17.6 Å². The lowest BCUT2D eigenvalue weighted by atomic mass is 9.58. The summed E-state index contributed by atoms with van der Waals surface area (Å²) in [6.07, 6.45) is 0.155. The first kappa shape index (κ1) is 30.3. The molecule has 0 radical (unpaired) electrons. The third-order valence-electron chi connectivity index (χ3n) is 9.32. The molecule has 3 aliphatic carbocycles. The van der Waals surface area contributed by atoms with Crippen molar-refractivity contribution in [1.82, 2.24) is 9.80 Å². The third kappa shape index (κ3) is 4.50. The van der Waals surface area contributed by atoms with E-state index in [0.29, 0.717) is 23.4 Å². The number of nitrogens with zero attached hydrogens (tertiary/aromatic N) is 2. The van der Waals surface area contributed by atoms with Crippen molar-refractivity contribution in [2.45, 2.75) is 44.0 Å². The highest BCUT2D eigenvalue weighted by atomic mass is 16.5. The van der Waals surface area contributed by atoms with Crippen LogP contribution in [0, 0.1) is 11.8 Å². The summed E-state index contributed by atoms with van der Waals surface area (Å²) >= 11 is 0. The Kier molecular flexibility index (Phi) is 7.62. The number of carbonyl (C=O) groups excluding carboxylic acids is 3. The van der Waals surface area contributed by atoms with Crippen LogP contribution >= 0.6 is 0 Å². The number of fused-ring (bicyclic) bond motifs is 3. The highest BCUT2D eigenvalue weighted by molar-refractivity contribution is 6.24. The Balaban J connectivity index is 1.60. The summed E-state index contributed by atoms with van der Waals surface area (Å²) in [6, 6.07) is 10.4. The van der Waals surface area contributed by atoms with E-state index in [1.54, 1.807) is 14.1 Å². The predicted octanol–water partition coefficient (Wildman–Crippen LogP) is 2.32. The summed E-state index contributed by atoms with van der Waals surface area (Å²) in [6.45, 7) is 2.45. The van der Waals surface area contributed by atoms with Crippen LogP contribution in [0.5, 0.6) is 11.5 Å². The van der Waals surface area contributed by atoms with E-state index in [2.05, 4.69) is 11.8 Å². The Morgan fingerprint density at radius 2 is 1.79 bits per heavy atom. The van der Waals surface area contributed by atoms with Crippen LogP contribution in [0.2, 0.25) is 0 Å². The topological polar surface area (TPSA) is 174 Å². The SMILES string of the molecule is COc1c(CN(C)C(C)c2ccccc2)cc(O)c2c1C[C@H]1C[C@H]3[C@H](N(C)C)C(O)=C(C(N)=O)C(=O)[C@@]3(O)C(O)=C1C2=O. The van der Waals surface area contributed by atoms with Crippen LogP contribution in [0.4, 0.5) is 0 Å². The van der Waals surface area contributed by atoms with E-state index in [4.69, 9.17) is 10.5 Å². The van der Waals surface area contributed by atoms with Gasteiger partial charge in [-0.25, -0.2) is 0 Å². The number of nitrogens with two attached hydrogens (primary N) is 1. The molecule has 11 nitrogen and oxygen atoms in total. The van der Waals surface area contributed by atoms with Crippen LogP contribution in [0.3, 0.4) is 0 Å². The zero-order valence-corrected chi connectivity index (χ0v) is 24.8. The number of ether oxygens (including phenoxy) is 1. The molecule has 5 rings (SSSR count). The van der Waals surface area contributed by atoms with Gasteiger partial charge in [0.2, 0.25) is 5.78 Å². The van der Waals surface area contributed by atoms with Crippen LogP contribution in [-0.2, 0) is 22.6 Å². The van der Waals surface area contributed by atoms with E-state index in [9.17, 15) is 34.8 Å². The lowest BCUT2D eigenvalue weighted by Crippen LogP contribution is -2.63. The number of amides is 1. The second-order valence-corrected chi connectivity index (χ2v) is 11.9. The number of carbonyl (C=O) groups is 3. The number of phenols is 1. The Morgan fingerprint density at radius 1 is 1.14 bits per heavy atom. The molecule has 0 saturated heterocycles. The Morgan fingerprint density at radius 3 is 2.37 bits per heavy atom. The number of allylic oxidation sites excluding steroid dienone is 1. The summed E-state index contributed by atoms with van der Waals surface area (Å²) in [7, 11) is 6.61. The molecule has 2 aromatic carbocycles. The van der Waals surface area contributed by atoms with Gasteiger partial charge in [0, 0.05) is 35.2 Å². The van der Waals surface area contributed by atoms with Crippen molar-refractivity contribution >= 4 is 17.5 Å². The number of aromatic hydroxyl groups is 1. The molecule has 1 amide bonds. The summed E-state index contributed by atoms with van der Waals surface area (Å²) in [5, 5.41) is 45.3. The van der Waals surface area contributed by atoms with Crippen LogP contribution in [-0.4, -0.2) is 87.6 Å². The van der Waals surface area contributed by atoms with Crippen LogP contribution in [0.15, 0.2) is 59.1 Å². The van der Waals surface area contributed by atoms with E-state index in [0.717, 1.165) is 5.56 Å². The van der Waals surface area contributed by atoms with Gasteiger partial charge >= 0.3 is 0 Å². The number of aliphatic hydroxyl groups excluding tert-OH is 2. The zero-order valence-electron chi connectivity index (χ0n) is 24.8. The molecule has 0 bridgehead atoms. The van der Waals surface area contributed by atoms with Gasteiger partial charge in [0.1, 0.15) is 28.6 Å². The maximum atomic E-state index is 14.0. The Labute approximate surface area is 249 Å². The second kappa shape index (κ2) is 10.8. The molecule has 6 N–H and O–H groups in total. The highest BCUT2D eigenvalue weighted by Gasteiger charge is 2.63. The standard InChI is InChI=1S/C32H37N3O8/c1-15(16-9-7-6-8-10-16)35(4)14-18-13-21(36)23-19(28(18)43-5)11-17-12-20-25(34(2)3)27(38)24(31(33)41)30(40)32(20,42)29(39)22(17)26(23)37/h6-10,13,15,17,20,25,36,38-39,42H,11-12,14H2,1-5H3,(H2,33,41)/t15?,17-,20-,25-,32-/m0/s1. The fourth-order valence-corrected chi connectivity index (χ4v) is 7.13. The maximum Gasteiger partial charge on any atom is 0.255 e. The number of hydrogen-bond acceptors (Lipinski definition) is 10. The molecule has 0 fully saturated rings. The number of Topliss-reactive ketones (excluding diaryl/α,β-unsaturated/α-hetero) is 2. The molecule has 1 unspecified atom stereocenters. The van der Waals surface area contributed by atoms with E-state index in [-0.39, 0.29) is 35.8 Å². The normalized spacial score (nSPS) is 25.9. The van der Waals surface area contributed by atoms with Gasteiger partial charge in [-0.2, -0.15) is 0 Å². The number of aliphatic hydroxyl groups is 3. The number of primary amides is 1. The minimum Gasteiger partial charge on any atom is -0.510 e. The van der Waals surface area contributed by atoms with E-state index in [1.165, 1.54) is 18.1 Å². The van der Waals surface area contributed by atoms with Gasteiger partial charge in [-0.15, -0.1) is 0 Å². The fraction of sp³-hybridized carbons (Fsp3) is 0.406. The van der Waals surface area contributed by atoms with Crippen molar-refractivity contribution in [2.75, 3.05) is 28.3 Å². The van der Waals surface area contributed by atoms with Crippen LogP contribution in [0.25, 0.3) is 0 Å². The lowest BCUT2D eigenvalue weighted by molar-refractivity contribution is -0.148. The first-order valence-corrected chi connectivity index (χ1v) is 14.1. The predicted molar refractivity (Wildman–Crippen MR) is 157 cm³/mol. The Hall–Kier alpha value is -4.19. The van der Waals surface area contributed by atoms with Crippen molar-refractivity contribution in [3.05, 3.63) is 81.3 Å². The van der Waals surface area contributed by atoms with E-state index < -0.39 is 58.0 Å². The van der Waals surface area contributed by atoms with Gasteiger partial charge < -0.3 is 30.9 Å². The Bertz CT molecular complexity index is 1580. The van der Waals surface area contributed by atoms with Crippen LogP contribution in [0.1, 0.15) is 46.4 Å². The number of rotatable bonds is 7. The molecule has 0 aromatic heterocycles.